The van der Waals surface area contributed by atoms with Gasteiger partial charge in [0.05, 0.1) is 0 Å². The van der Waals surface area contributed by atoms with Crippen molar-refractivity contribution >= 4 is 18.0 Å². The molecule has 1 atom stereocenters. The van der Waals surface area contributed by atoms with Crippen molar-refractivity contribution in [2.75, 3.05) is 13.2 Å². The summed E-state index contributed by atoms with van der Waals surface area (Å²) < 4.78 is 5.03. The summed E-state index contributed by atoms with van der Waals surface area (Å²) in [5, 5.41) is 9.15. The zero-order valence-electron chi connectivity index (χ0n) is 14.1. The van der Waals surface area contributed by atoms with Crippen molar-refractivity contribution in [2.45, 2.75) is 39.2 Å². The van der Waals surface area contributed by atoms with E-state index in [2.05, 4.69) is 0 Å². The van der Waals surface area contributed by atoms with Gasteiger partial charge in [-0.1, -0.05) is 29.8 Å². The largest absolute Gasteiger partial charge is 0.451 e. The average molecular weight is 326 g/mol. The number of rotatable bonds is 4. The summed E-state index contributed by atoms with van der Waals surface area (Å²) in [5.74, 6) is -0.973. The number of aryl methyl sites for hydroxylation is 1. The molecule has 1 fully saturated rings. The minimum atomic E-state index is -0.768. The fourth-order valence-corrected chi connectivity index (χ4v) is 2.72. The lowest BCUT2D eigenvalue weighted by Gasteiger charge is -2.33. The number of hydrogen-bond donors (Lipinski definition) is 0. The first-order valence-corrected chi connectivity index (χ1v) is 8.16. The number of likely N-dealkylation sites (tertiary alicyclic amines) is 1. The number of ether oxygens (including phenoxy) is 1. The summed E-state index contributed by atoms with van der Waals surface area (Å²) in [6.45, 7) is 4.33. The lowest BCUT2D eigenvalue weighted by Crippen LogP contribution is -2.44. The molecule has 1 amide bonds. The molecule has 5 nitrogen and oxygen atoms in total. The number of amides is 1. The number of piperidine rings is 1. The van der Waals surface area contributed by atoms with Crippen molar-refractivity contribution in [3.63, 3.8) is 0 Å². The van der Waals surface area contributed by atoms with E-state index >= 15 is 0 Å². The standard InChI is InChI=1S/C19H22N2O3/c1-14-6-8-16(9-7-14)11-17(12-20)19(23)24-13-18(22)21-10-4-3-5-15(21)2/h6-9,11,15H,3-5,10,13H2,1-2H3/b17-11+/t15-/m1/s1. The topological polar surface area (TPSA) is 70.4 Å². The molecule has 1 aliphatic heterocycles. The van der Waals surface area contributed by atoms with Gasteiger partial charge in [0.15, 0.2) is 6.61 Å². The van der Waals surface area contributed by atoms with Gasteiger partial charge in [-0.2, -0.15) is 5.26 Å². The highest BCUT2D eigenvalue weighted by molar-refractivity contribution is 5.98. The van der Waals surface area contributed by atoms with E-state index in [0.717, 1.165) is 30.4 Å². The van der Waals surface area contributed by atoms with Crippen molar-refractivity contribution in [3.8, 4) is 6.07 Å². The van der Waals surface area contributed by atoms with Crippen molar-refractivity contribution in [3.05, 3.63) is 41.0 Å². The van der Waals surface area contributed by atoms with Crippen LogP contribution in [0.4, 0.5) is 0 Å². The molecular weight excluding hydrogens is 304 g/mol. The predicted octanol–water partition coefficient (Wildman–Crippen LogP) is 2.85. The fourth-order valence-electron chi connectivity index (χ4n) is 2.72. The van der Waals surface area contributed by atoms with Gasteiger partial charge in [0.1, 0.15) is 11.6 Å². The summed E-state index contributed by atoms with van der Waals surface area (Å²) in [6.07, 6.45) is 4.52. The Balaban J connectivity index is 1.95. The van der Waals surface area contributed by atoms with E-state index in [9.17, 15) is 9.59 Å². The first-order valence-electron chi connectivity index (χ1n) is 8.16. The molecule has 0 unspecified atom stereocenters. The van der Waals surface area contributed by atoms with Crippen LogP contribution in [0.2, 0.25) is 0 Å². The van der Waals surface area contributed by atoms with E-state index in [1.54, 1.807) is 4.90 Å². The average Bonchev–Trinajstić information content (AvgIpc) is 2.59. The van der Waals surface area contributed by atoms with Crippen molar-refractivity contribution in [2.24, 2.45) is 0 Å². The van der Waals surface area contributed by atoms with Crippen LogP contribution in [0.5, 0.6) is 0 Å². The number of hydrogen-bond acceptors (Lipinski definition) is 4. The van der Waals surface area contributed by atoms with Gasteiger partial charge in [-0.05, 0) is 44.7 Å². The van der Waals surface area contributed by atoms with E-state index in [0.29, 0.717) is 6.54 Å². The maximum absolute atomic E-state index is 12.2. The lowest BCUT2D eigenvalue weighted by atomic mass is 10.0. The minimum Gasteiger partial charge on any atom is -0.451 e. The molecule has 126 valence electrons. The number of esters is 1. The molecule has 0 aliphatic carbocycles. The first kappa shape index (κ1) is 17.7. The molecule has 0 aromatic heterocycles. The van der Waals surface area contributed by atoms with E-state index in [-0.39, 0.29) is 24.1 Å². The van der Waals surface area contributed by atoms with E-state index in [1.165, 1.54) is 6.08 Å². The van der Waals surface area contributed by atoms with Gasteiger partial charge in [0.25, 0.3) is 5.91 Å². The third-order valence-corrected chi connectivity index (χ3v) is 4.18. The number of carbonyl (C=O) groups excluding carboxylic acids is 2. The zero-order valence-corrected chi connectivity index (χ0v) is 14.1. The van der Waals surface area contributed by atoms with Gasteiger partial charge in [-0.15, -0.1) is 0 Å². The van der Waals surface area contributed by atoms with Crippen LogP contribution in [0.15, 0.2) is 29.8 Å². The van der Waals surface area contributed by atoms with E-state index < -0.39 is 5.97 Å². The van der Waals surface area contributed by atoms with Crippen molar-refractivity contribution in [1.29, 1.82) is 5.26 Å². The summed E-state index contributed by atoms with van der Waals surface area (Å²) in [7, 11) is 0. The van der Waals surface area contributed by atoms with Crippen molar-refractivity contribution < 1.29 is 14.3 Å². The molecule has 1 aromatic rings. The van der Waals surface area contributed by atoms with Gasteiger partial charge in [-0.3, -0.25) is 4.79 Å². The molecule has 1 heterocycles. The van der Waals surface area contributed by atoms with Crippen LogP contribution in [0.3, 0.4) is 0 Å². The molecule has 0 saturated carbocycles. The van der Waals surface area contributed by atoms with E-state index in [4.69, 9.17) is 10.00 Å². The Morgan fingerprint density at radius 1 is 1.33 bits per heavy atom. The van der Waals surface area contributed by atoms with Crippen molar-refractivity contribution in [1.82, 2.24) is 4.90 Å². The van der Waals surface area contributed by atoms with Crippen LogP contribution in [0, 0.1) is 18.3 Å². The second-order valence-corrected chi connectivity index (χ2v) is 6.09. The summed E-state index contributed by atoms with van der Waals surface area (Å²) in [5.41, 5.74) is 1.72. The lowest BCUT2D eigenvalue weighted by molar-refractivity contribution is -0.150. The number of nitrogens with zero attached hydrogens (tertiary/aromatic N) is 2. The fraction of sp³-hybridized carbons (Fsp3) is 0.421. The highest BCUT2D eigenvalue weighted by atomic mass is 16.5. The van der Waals surface area contributed by atoms with E-state index in [1.807, 2.05) is 44.2 Å². The molecule has 0 bridgehead atoms. The van der Waals surface area contributed by atoms with Crippen LogP contribution >= 0.6 is 0 Å². The van der Waals surface area contributed by atoms with Crippen LogP contribution < -0.4 is 0 Å². The molecular formula is C19H22N2O3. The number of benzene rings is 1. The smallest absolute Gasteiger partial charge is 0.349 e. The molecule has 24 heavy (non-hydrogen) atoms. The molecule has 0 spiro atoms. The first-order chi connectivity index (χ1) is 11.5. The highest BCUT2D eigenvalue weighted by Crippen LogP contribution is 2.16. The Hall–Kier alpha value is -2.61. The molecule has 5 heteroatoms. The Morgan fingerprint density at radius 3 is 2.67 bits per heavy atom. The highest BCUT2D eigenvalue weighted by Gasteiger charge is 2.24. The van der Waals surface area contributed by atoms with Crippen LogP contribution in [0.25, 0.3) is 6.08 Å². The monoisotopic (exact) mass is 326 g/mol. The quantitative estimate of drug-likeness (QED) is 0.484. The molecule has 1 aromatic carbocycles. The summed E-state index contributed by atoms with van der Waals surface area (Å²) in [4.78, 5) is 25.9. The number of nitriles is 1. The second kappa shape index (κ2) is 8.30. The third-order valence-electron chi connectivity index (χ3n) is 4.18. The second-order valence-electron chi connectivity index (χ2n) is 6.09. The molecule has 0 radical (unpaired) electrons. The Kier molecular flexibility index (Phi) is 6.14. The van der Waals surface area contributed by atoms with Gasteiger partial charge < -0.3 is 9.64 Å². The zero-order chi connectivity index (χ0) is 17.5. The summed E-state index contributed by atoms with van der Waals surface area (Å²) in [6, 6.07) is 9.44. The molecule has 0 N–H and O–H groups in total. The normalized spacial score (nSPS) is 18.0. The molecule has 1 aliphatic rings. The minimum absolute atomic E-state index is 0.113. The third kappa shape index (κ3) is 4.69. The van der Waals surface area contributed by atoms with Crippen LogP contribution in [0.1, 0.15) is 37.3 Å². The maximum Gasteiger partial charge on any atom is 0.349 e. The Labute approximate surface area is 142 Å². The molecule has 2 rings (SSSR count). The maximum atomic E-state index is 12.2. The van der Waals surface area contributed by atoms with Gasteiger partial charge in [0.2, 0.25) is 0 Å². The van der Waals surface area contributed by atoms with Gasteiger partial charge in [-0.25, -0.2) is 4.79 Å². The van der Waals surface area contributed by atoms with Crippen LogP contribution in [-0.2, 0) is 14.3 Å². The van der Waals surface area contributed by atoms with Gasteiger partial charge >= 0.3 is 5.97 Å². The molecule has 1 saturated heterocycles. The Bertz CT molecular complexity index is 671. The predicted molar refractivity (Wildman–Crippen MR) is 90.8 cm³/mol. The van der Waals surface area contributed by atoms with Crippen LogP contribution in [-0.4, -0.2) is 36.0 Å². The van der Waals surface area contributed by atoms with Gasteiger partial charge in [0, 0.05) is 12.6 Å². The summed E-state index contributed by atoms with van der Waals surface area (Å²) >= 11 is 0. The number of carbonyl (C=O) groups is 2. The Morgan fingerprint density at radius 2 is 2.04 bits per heavy atom. The SMILES string of the molecule is Cc1ccc(/C=C(\C#N)C(=O)OCC(=O)N2CCCC[C@H]2C)cc1.